The van der Waals surface area contributed by atoms with Crippen LogP contribution in [0.2, 0.25) is 0 Å². The first kappa shape index (κ1) is 26.1. The number of morpholine rings is 1. The Morgan fingerprint density at radius 2 is 1.95 bits per heavy atom. The largest absolute Gasteiger partial charge is 0.378 e. The van der Waals surface area contributed by atoms with Gasteiger partial charge in [0.2, 0.25) is 0 Å². The van der Waals surface area contributed by atoms with Gasteiger partial charge in [0.25, 0.3) is 11.5 Å². The number of rotatable bonds is 6. The molecule has 0 bridgehead atoms. The molecular weight excluding hydrogens is 494 g/mol. The molecule has 0 saturated carbocycles. The lowest BCUT2D eigenvalue weighted by Gasteiger charge is -2.28. The summed E-state index contributed by atoms with van der Waals surface area (Å²) >= 11 is 0. The van der Waals surface area contributed by atoms with Crippen LogP contribution >= 0.6 is 0 Å². The maximum absolute atomic E-state index is 14.5. The topological polar surface area (TPSA) is 82.4 Å². The minimum absolute atomic E-state index is 0.0209. The summed E-state index contributed by atoms with van der Waals surface area (Å²) < 4.78 is 35.2. The first-order chi connectivity index (χ1) is 18.2. The number of likely N-dealkylation sites (tertiary alicyclic amines) is 1. The van der Waals surface area contributed by atoms with Crippen molar-refractivity contribution in [2.45, 2.75) is 25.4 Å². The van der Waals surface area contributed by atoms with Crippen molar-refractivity contribution in [2.24, 2.45) is 0 Å². The summed E-state index contributed by atoms with van der Waals surface area (Å²) in [6.45, 7) is 5.21. The molecule has 11 heteroatoms. The zero-order chi connectivity index (χ0) is 27.0. The summed E-state index contributed by atoms with van der Waals surface area (Å²) in [5, 5.41) is 3.00. The van der Waals surface area contributed by atoms with Gasteiger partial charge in [-0.3, -0.25) is 14.0 Å². The van der Waals surface area contributed by atoms with E-state index in [0.29, 0.717) is 62.0 Å². The molecule has 1 N–H and O–H groups in total. The summed E-state index contributed by atoms with van der Waals surface area (Å²) in [6, 6.07) is 6.72. The highest BCUT2D eigenvalue weighted by Crippen LogP contribution is 2.28. The summed E-state index contributed by atoms with van der Waals surface area (Å²) in [4.78, 5) is 37.5. The molecule has 202 valence electrons. The number of pyridine rings is 1. The van der Waals surface area contributed by atoms with Crippen molar-refractivity contribution in [3.05, 3.63) is 69.6 Å². The van der Waals surface area contributed by atoms with Gasteiger partial charge in [0.05, 0.1) is 30.5 Å². The Morgan fingerprint density at radius 3 is 2.66 bits per heavy atom. The van der Waals surface area contributed by atoms with E-state index in [1.54, 1.807) is 17.9 Å². The molecule has 4 heterocycles. The lowest BCUT2D eigenvalue weighted by atomic mass is 10.1. The molecule has 0 radical (unpaired) electrons. The Morgan fingerprint density at radius 1 is 1.18 bits per heavy atom. The van der Waals surface area contributed by atoms with E-state index >= 15 is 0 Å². The number of amides is 1. The second-order valence-corrected chi connectivity index (χ2v) is 10.1. The van der Waals surface area contributed by atoms with Gasteiger partial charge in [0.1, 0.15) is 11.5 Å². The second-order valence-electron chi connectivity index (χ2n) is 10.1. The van der Waals surface area contributed by atoms with Gasteiger partial charge in [-0.05, 0) is 45.6 Å². The van der Waals surface area contributed by atoms with Crippen molar-refractivity contribution < 1.29 is 18.3 Å². The van der Waals surface area contributed by atoms with E-state index in [-0.39, 0.29) is 23.2 Å². The molecule has 2 aromatic heterocycles. The fraction of sp³-hybridized carbons (Fsp3) is 0.444. The third kappa shape index (κ3) is 5.08. The van der Waals surface area contributed by atoms with Crippen LogP contribution in [0.1, 0.15) is 35.3 Å². The number of nitrogens with one attached hydrogen (secondary N) is 1. The predicted molar refractivity (Wildman–Crippen MR) is 141 cm³/mol. The quantitative estimate of drug-likeness (QED) is 0.529. The molecule has 2 fully saturated rings. The van der Waals surface area contributed by atoms with Crippen LogP contribution in [-0.2, 0) is 4.74 Å². The standard InChI is InChI=1S/C27H32F2N6O3/c1-17(30-22-6-4-5-21(28)25(22)29)20-13-18(27(37)34-8-7-19(16-34)32(2)3)15-35-24(36)14-23(31-26(20)35)33-9-11-38-12-10-33/h4-6,13-15,17,19,30H,7-12,16H2,1-3H3. The summed E-state index contributed by atoms with van der Waals surface area (Å²) in [5.74, 6) is -1.65. The molecule has 9 nitrogen and oxygen atoms in total. The van der Waals surface area contributed by atoms with Crippen LogP contribution < -0.4 is 15.8 Å². The Bertz CT molecular complexity index is 1410. The molecular formula is C27H32F2N6O3. The molecule has 0 spiro atoms. The van der Waals surface area contributed by atoms with Crippen LogP contribution in [0.15, 0.2) is 41.3 Å². The smallest absolute Gasteiger partial charge is 0.259 e. The summed E-state index contributed by atoms with van der Waals surface area (Å²) in [5.41, 5.74) is 0.856. The molecule has 3 aromatic rings. The number of halogens is 2. The first-order valence-corrected chi connectivity index (χ1v) is 12.8. The fourth-order valence-electron chi connectivity index (χ4n) is 5.06. The van der Waals surface area contributed by atoms with Gasteiger partial charge in [-0.2, -0.15) is 0 Å². The van der Waals surface area contributed by atoms with Crippen LogP contribution in [0, 0.1) is 11.6 Å². The van der Waals surface area contributed by atoms with E-state index in [9.17, 15) is 18.4 Å². The number of hydrogen-bond donors (Lipinski definition) is 1. The maximum Gasteiger partial charge on any atom is 0.259 e. The van der Waals surface area contributed by atoms with E-state index in [1.807, 2.05) is 19.0 Å². The number of anilines is 2. The number of carbonyl (C=O) groups excluding carboxylic acids is 1. The lowest BCUT2D eigenvalue weighted by Crippen LogP contribution is -2.38. The van der Waals surface area contributed by atoms with Crippen molar-refractivity contribution in [1.82, 2.24) is 19.2 Å². The van der Waals surface area contributed by atoms with Gasteiger partial charge in [0.15, 0.2) is 11.6 Å². The minimum atomic E-state index is -0.998. The number of aromatic nitrogens is 2. The Hall–Kier alpha value is -3.57. The number of ether oxygens (including phenoxy) is 1. The molecule has 38 heavy (non-hydrogen) atoms. The van der Waals surface area contributed by atoms with Crippen molar-refractivity contribution in [1.29, 1.82) is 0 Å². The van der Waals surface area contributed by atoms with Gasteiger partial charge < -0.3 is 24.8 Å². The van der Waals surface area contributed by atoms with Crippen LogP contribution in [0.25, 0.3) is 5.65 Å². The van der Waals surface area contributed by atoms with Crippen molar-refractivity contribution >= 4 is 23.1 Å². The highest BCUT2D eigenvalue weighted by molar-refractivity contribution is 5.95. The SMILES string of the molecule is CC(Nc1cccc(F)c1F)c1cc(C(=O)N2CCC(N(C)C)C2)cn2c(=O)cc(N3CCOCC3)nc12. The molecule has 2 atom stereocenters. The van der Waals surface area contributed by atoms with Crippen molar-refractivity contribution in [3.63, 3.8) is 0 Å². The zero-order valence-corrected chi connectivity index (χ0v) is 21.8. The molecule has 2 aliphatic rings. The summed E-state index contributed by atoms with van der Waals surface area (Å²) in [6.07, 6.45) is 2.39. The normalized spacial score (nSPS) is 18.8. The molecule has 1 amide bonds. The average molecular weight is 527 g/mol. The van der Waals surface area contributed by atoms with E-state index in [2.05, 4.69) is 10.2 Å². The monoisotopic (exact) mass is 526 g/mol. The molecule has 2 aliphatic heterocycles. The van der Waals surface area contributed by atoms with Crippen LogP contribution in [0.4, 0.5) is 20.3 Å². The van der Waals surface area contributed by atoms with Crippen molar-refractivity contribution in [3.8, 4) is 0 Å². The van der Waals surface area contributed by atoms with Crippen LogP contribution in [0.3, 0.4) is 0 Å². The van der Waals surface area contributed by atoms with E-state index < -0.39 is 17.7 Å². The van der Waals surface area contributed by atoms with Gasteiger partial charge in [-0.15, -0.1) is 0 Å². The van der Waals surface area contributed by atoms with Gasteiger partial charge >= 0.3 is 0 Å². The molecule has 2 unspecified atom stereocenters. The summed E-state index contributed by atoms with van der Waals surface area (Å²) in [7, 11) is 3.98. The highest BCUT2D eigenvalue weighted by Gasteiger charge is 2.29. The third-order valence-corrected chi connectivity index (χ3v) is 7.33. The molecule has 1 aromatic carbocycles. The molecule has 5 rings (SSSR count). The van der Waals surface area contributed by atoms with Gasteiger partial charge in [-0.25, -0.2) is 13.8 Å². The Balaban J connectivity index is 1.58. The fourth-order valence-corrected chi connectivity index (χ4v) is 5.06. The van der Waals surface area contributed by atoms with E-state index in [0.717, 1.165) is 12.5 Å². The van der Waals surface area contributed by atoms with Gasteiger partial charge in [0, 0.05) is 50.0 Å². The minimum Gasteiger partial charge on any atom is -0.378 e. The highest BCUT2D eigenvalue weighted by atomic mass is 19.2. The molecule has 0 aliphatic carbocycles. The Labute approximate surface area is 219 Å². The van der Waals surface area contributed by atoms with E-state index in [4.69, 9.17) is 9.72 Å². The number of hydrogen-bond acceptors (Lipinski definition) is 7. The van der Waals surface area contributed by atoms with Crippen LogP contribution in [0.5, 0.6) is 0 Å². The zero-order valence-electron chi connectivity index (χ0n) is 21.8. The number of nitrogens with zero attached hydrogens (tertiary/aromatic N) is 5. The number of fused-ring (bicyclic) bond motifs is 1. The van der Waals surface area contributed by atoms with Crippen molar-refractivity contribution in [2.75, 3.05) is 63.7 Å². The second kappa shape index (κ2) is 10.7. The number of benzene rings is 1. The Kier molecular flexibility index (Phi) is 7.31. The third-order valence-electron chi connectivity index (χ3n) is 7.33. The maximum atomic E-state index is 14.5. The lowest BCUT2D eigenvalue weighted by molar-refractivity contribution is 0.0782. The average Bonchev–Trinajstić information content (AvgIpc) is 3.42. The van der Waals surface area contributed by atoms with E-state index in [1.165, 1.54) is 28.8 Å². The van der Waals surface area contributed by atoms with Crippen LogP contribution in [-0.4, -0.2) is 84.6 Å². The molecule has 2 saturated heterocycles. The van der Waals surface area contributed by atoms with Gasteiger partial charge in [-0.1, -0.05) is 6.07 Å². The number of carbonyl (C=O) groups is 1. The number of likely N-dealkylation sites (N-methyl/N-ethyl adjacent to an activating group) is 1. The predicted octanol–water partition coefficient (Wildman–Crippen LogP) is 2.76. The first-order valence-electron chi connectivity index (χ1n) is 12.8.